The standard InChI is InChI=1S/C30H33FIN3O4S/c1-22(30(37)33-25-11-4-2-5-12-25)34(20-23-10-8-9-15-28(23)31)29(36)21-35(26-18-16-24(32)17-19-26)40(38,39)27-13-6-3-7-14-27/h3,6-10,13-19,22,25H,2,4-5,11-12,20-21H2,1H3,(H,33,37)/t22-/m0/s1. The van der Waals surface area contributed by atoms with Crippen molar-refractivity contribution in [1.29, 1.82) is 0 Å². The van der Waals surface area contributed by atoms with Gasteiger partial charge in [-0.3, -0.25) is 13.9 Å². The van der Waals surface area contributed by atoms with Gasteiger partial charge in [0, 0.05) is 21.7 Å². The van der Waals surface area contributed by atoms with Crippen LogP contribution < -0.4 is 9.62 Å². The highest BCUT2D eigenvalue weighted by Gasteiger charge is 2.33. The van der Waals surface area contributed by atoms with Gasteiger partial charge in [-0.25, -0.2) is 12.8 Å². The third-order valence-corrected chi connectivity index (χ3v) is 9.65. The van der Waals surface area contributed by atoms with Gasteiger partial charge < -0.3 is 10.2 Å². The number of hydrogen-bond acceptors (Lipinski definition) is 4. The van der Waals surface area contributed by atoms with E-state index in [0.717, 1.165) is 40.0 Å². The molecule has 212 valence electrons. The summed E-state index contributed by atoms with van der Waals surface area (Å²) in [6.45, 7) is 0.849. The fourth-order valence-corrected chi connectivity index (χ4v) is 6.61. The van der Waals surface area contributed by atoms with Crippen molar-refractivity contribution in [1.82, 2.24) is 10.2 Å². The van der Waals surface area contributed by atoms with Crippen molar-refractivity contribution in [2.24, 2.45) is 0 Å². The number of halogens is 2. The summed E-state index contributed by atoms with van der Waals surface area (Å²) >= 11 is 2.12. The maximum absolute atomic E-state index is 14.7. The first-order valence-electron chi connectivity index (χ1n) is 13.3. The number of nitrogens with one attached hydrogen (secondary N) is 1. The Balaban J connectivity index is 1.67. The van der Waals surface area contributed by atoms with Crippen molar-refractivity contribution >= 4 is 50.1 Å². The number of rotatable bonds is 10. The van der Waals surface area contributed by atoms with E-state index in [1.807, 2.05) is 0 Å². The Morgan fingerprint density at radius 3 is 2.23 bits per heavy atom. The summed E-state index contributed by atoms with van der Waals surface area (Å²) in [5.74, 6) is -1.47. The zero-order valence-electron chi connectivity index (χ0n) is 22.3. The number of amides is 2. The Labute approximate surface area is 248 Å². The van der Waals surface area contributed by atoms with E-state index in [0.29, 0.717) is 5.69 Å². The summed E-state index contributed by atoms with van der Waals surface area (Å²) in [6.07, 6.45) is 4.92. The normalized spacial score (nSPS) is 14.8. The lowest BCUT2D eigenvalue weighted by Gasteiger charge is -2.33. The Morgan fingerprint density at radius 2 is 1.57 bits per heavy atom. The minimum absolute atomic E-state index is 0.0239. The largest absolute Gasteiger partial charge is 0.352 e. The third kappa shape index (κ3) is 7.39. The average Bonchev–Trinajstić information content (AvgIpc) is 2.96. The lowest BCUT2D eigenvalue weighted by atomic mass is 9.95. The summed E-state index contributed by atoms with van der Waals surface area (Å²) < 4.78 is 44.2. The summed E-state index contributed by atoms with van der Waals surface area (Å²) in [6, 6.07) is 19.8. The maximum Gasteiger partial charge on any atom is 0.264 e. The van der Waals surface area contributed by atoms with Crippen LogP contribution in [0.1, 0.15) is 44.6 Å². The second-order valence-corrected chi connectivity index (χ2v) is 13.0. The van der Waals surface area contributed by atoms with Crippen LogP contribution in [0, 0.1) is 9.39 Å². The molecule has 3 aromatic rings. The molecular formula is C30H33FIN3O4S. The fraction of sp³-hybridized carbons (Fsp3) is 0.333. The van der Waals surface area contributed by atoms with Crippen LogP contribution in [0.4, 0.5) is 10.1 Å². The molecule has 4 rings (SSSR count). The van der Waals surface area contributed by atoms with Gasteiger partial charge in [-0.1, -0.05) is 55.7 Å². The van der Waals surface area contributed by atoms with Gasteiger partial charge in [-0.15, -0.1) is 0 Å². The van der Waals surface area contributed by atoms with E-state index in [1.54, 1.807) is 67.6 Å². The first-order valence-corrected chi connectivity index (χ1v) is 15.9. The van der Waals surface area contributed by atoms with Gasteiger partial charge in [-0.2, -0.15) is 0 Å². The molecule has 2 amide bonds. The van der Waals surface area contributed by atoms with Crippen molar-refractivity contribution in [2.45, 2.75) is 62.6 Å². The highest BCUT2D eigenvalue weighted by molar-refractivity contribution is 14.1. The highest BCUT2D eigenvalue weighted by atomic mass is 127. The van der Waals surface area contributed by atoms with Crippen molar-refractivity contribution in [3.05, 3.63) is 93.8 Å². The summed E-state index contributed by atoms with van der Waals surface area (Å²) in [7, 11) is -4.14. The van der Waals surface area contributed by atoms with Crippen LogP contribution in [-0.4, -0.2) is 43.8 Å². The Bertz CT molecular complexity index is 1410. The summed E-state index contributed by atoms with van der Waals surface area (Å²) in [4.78, 5) is 28.5. The van der Waals surface area contributed by atoms with E-state index >= 15 is 0 Å². The molecule has 1 aliphatic rings. The molecule has 0 radical (unpaired) electrons. The minimum Gasteiger partial charge on any atom is -0.352 e. The molecule has 0 saturated heterocycles. The zero-order valence-corrected chi connectivity index (χ0v) is 25.3. The first-order chi connectivity index (χ1) is 19.2. The molecule has 1 saturated carbocycles. The second kappa shape index (κ2) is 13.6. The monoisotopic (exact) mass is 677 g/mol. The summed E-state index contributed by atoms with van der Waals surface area (Å²) in [5.41, 5.74) is 0.544. The number of carbonyl (C=O) groups excluding carboxylic acids is 2. The predicted molar refractivity (Wildman–Crippen MR) is 162 cm³/mol. The molecule has 1 N–H and O–H groups in total. The van der Waals surface area contributed by atoms with Crippen molar-refractivity contribution in [2.75, 3.05) is 10.8 Å². The van der Waals surface area contributed by atoms with Crippen molar-refractivity contribution in [3.8, 4) is 0 Å². The molecule has 0 aliphatic heterocycles. The molecule has 40 heavy (non-hydrogen) atoms. The lowest BCUT2D eigenvalue weighted by molar-refractivity contribution is -0.139. The zero-order chi connectivity index (χ0) is 28.7. The van der Waals surface area contributed by atoms with E-state index in [-0.39, 0.29) is 29.0 Å². The van der Waals surface area contributed by atoms with E-state index in [1.165, 1.54) is 23.1 Å². The van der Waals surface area contributed by atoms with Gasteiger partial charge in [-0.05, 0) is 84.8 Å². The van der Waals surface area contributed by atoms with Gasteiger partial charge in [0.2, 0.25) is 11.8 Å². The number of benzene rings is 3. The van der Waals surface area contributed by atoms with Gasteiger partial charge in [0.25, 0.3) is 10.0 Å². The van der Waals surface area contributed by atoms with Crippen LogP contribution in [0.2, 0.25) is 0 Å². The molecule has 10 heteroatoms. The van der Waals surface area contributed by atoms with Gasteiger partial charge in [0.05, 0.1) is 10.6 Å². The average molecular weight is 678 g/mol. The number of anilines is 1. The topological polar surface area (TPSA) is 86.8 Å². The first kappa shape index (κ1) is 30.0. The van der Waals surface area contributed by atoms with Crippen LogP contribution in [-0.2, 0) is 26.2 Å². The molecule has 0 heterocycles. The highest BCUT2D eigenvalue weighted by Crippen LogP contribution is 2.26. The minimum atomic E-state index is -4.14. The molecule has 1 fully saturated rings. The van der Waals surface area contributed by atoms with E-state index < -0.39 is 34.3 Å². The molecule has 0 spiro atoms. The summed E-state index contributed by atoms with van der Waals surface area (Å²) in [5, 5.41) is 3.04. The number of hydrogen-bond donors (Lipinski definition) is 1. The molecule has 0 unspecified atom stereocenters. The van der Waals surface area contributed by atoms with Crippen LogP contribution in [0.3, 0.4) is 0 Å². The van der Waals surface area contributed by atoms with Gasteiger partial charge in [0.15, 0.2) is 0 Å². The van der Waals surface area contributed by atoms with Crippen molar-refractivity contribution in [3.63, 3.8) is 0 Å². The SMILES string of the molecule is C[C@@H](C(=O)NC1CCCCC1)N(Cc1ccccc1F)C(=O)CN(c1ccc(I)cc1)S(=O)(=O)c1ccccc1. The second-order valence-electron chi connectivity index (χ2n) is 9.93. The Kier molecular flexibility index (Phi) is 10.2. The number of sulfonamides is 1. The van der Waals surface area contributed by atoms with Crippen LogP contribution in [0.25, 0.3) is 0 Å². The third-order valence-electron chi connectivity index (χ3n) is 7.14. The smallest absolute Gasteiger partial charge is 0.264 e. The molecule has 1 aliphatic carbocycles. The predicted octanol–water partition coefficient (Wildman–Crippen LogP) is 5.49. The van der Waals surface area contributed by atoms with Crippen LogP contribution in [0.5, 0.6) is 0 Å². The molecule has 3 aromatic carbocycles. The van der Waals surface area contributed by atoms with Crippen LogP contribution in [0.15, 0.2) is 83.8 Å². The van der Waals surface area contributed by atoms with Gasteiger partial charge >= 0.3 is 0 Å². The van der Waals surface area contributed by atoms with E-state index in [4.69, 9.17) is 0 Å². The molecular weight excluding hydrogens is 644 g/mol. The molecule has 7 nitrogen and oxygen atoms in total. The van der Waals surface area contributed by atoms with Gasteiger partial charge in [0.1, 0.15) is 18.4 Å². The van der Waals surface area contributed by atoms with Crippen LogP contribution >= 0.6 is 22.6 Å². The van der Waals surface area contributed by atoms with E-state index in [2.05, 4.69) is 27.9 Å². The maximum atomic E-state index is 14.7. The number of nitrogens with zero attached hydrogens (tertiary/aromatic N) is 2. The van der Waals surface area contributed by atoms with Crippen molar-refractivity contribution < 1.29 is 22.4 Å². The fourth-order valence-electron chi connectivity index (χ4n) is 4.82. The molecule has 1 atom stereocenters. The van der Waals surface area contributed by atoms with E-state index in [9.17, 15) is 22.4 Å². The Hall–Kier alpha value is -2.99. The number of carbonyl (C=O) groups is 2. The molecule has 0 aromatic heterocycles. The molecule has 0 bridgehead atoms. The Morgan fingerprint density at radius 1 is 0.950 bits per heavy atom. The lowest BCUT2D eigenvalue weighted by Crippen LogP contribution is -2.53. The quantitative estimate of drug-likeness (QED) is 0.288.